The average Bonchev–Trinajstić information content (AvgIpc) is 2.11. The molecule has 1 saturated heterocycles. The van der Waals surface area contributed by atoms with E-state index in [0.717, 1.165) is 12.1 Å². The zero-order valence-electron chi connectivity index (χ0n) is 8.25. The second-order valence-corrected chi connectivity index (χ2v) is 3.42. The summed E-state index contributed by atoms with van der Waals surface area (Å²) in [6.45, 7) is 1.38. The van der Waals surface area contributed by atoms with E-state index in [1.54, 1.807) is 0 Å². The van der Waals surface area contributed by atoms with Crippen LogP contribution in [-0.4, -0.2) is 19.2 Å². The molecule has 0 amide bonds. The van der Waals surface area contributed by atoms with E-state index in [1.165, 1.54) is 12.1 Å². The normalized spacial score (nSPS) is 16.2. The Bertz CT molecular complexity index is 352. The molecule has 1 heterocycles. The summed E-state index contributed by atoms with van der Waals surface area (Å²) in [4.78, 5) is 0. The first-order chi connectivity index (χ1) is 7.05. The van der Waals surface area contributed by atoms with Gasteiger partial charge in [0.2, 0.25) is 0 Å². The van der Waals surface area contributed by atoms with Crippen LogP contribution >= 0.6 is 12.4 Å². The monoisotopic (exact) mass is 253 g/mol. The number of hydrogen-bond acceptors (Lipinski definition) is 2. The van der Waals surface area contributed by atoms with Gasteiger partial charge in [-0.25, -0.2) is 0 Å². The molecule has 0 aliphatic carbocycles. The van der Waals surface area contributed by atoms with Gasteiger partial charge in [0.15, 0.2) is 0 Å². The summed E-state index contributed by atoms with van der Waals surface area (Å²) in [5.74, 6) is 0.274. The van der Waals surface area contributed by atoms with E-state index in [1.807, 2.05) is 0 Å². The van der Waals surface area contributed by atoms with Gasteiger partial charge in [0.05, 0.1) is 5.56 Å². The Hall–Kier alpha value is -0.940. The number of hydrogen-bond donors (Lipinski definition) is 1. The predicted molar refractivity (Wildman–Crippen MR) is 56.0 cm³/mol. The molecule has 2 nitrogen and oxygen atoms in total. The van der Waals surface area contributed by atoms with Crippen LogP contribution < -0.4 is 10.1 Å². The largest absolute Gasteiger partial charge is 0.488 e. The van der Waals surface area contributed by atoms with Crippen molar-refractivity contribution in [3.63, 3.8) is 0 Å². The van der Waals surface area contributed by atoms with Gasteiger partial charge in [-0.15, -0.1) is 12.4 Å². The first-order valence-corrected chi connectivity index (χ1v) is 4.60. The van der Waals surface area contributed by atoms with Crippen LogP contribution in [0.4, 0.5) is 13.2 Å². The molecule has 0 atom stereocenters. The Morgan fingerprint density at radius 1 is 1.25 bits per heavy atom. The molecule has 90 valence electrons. The highest BCUT2D eigenvalue weighted by Crippen LogP contribution is 2.31. The van der Waals surface area contributed by atoms with Crippen molar-refractivity contribution in [2.24, 2.45) is 0 Å². The molecule has 0 radical (unpaired) electrons. The van der Waals surface area contributed by atoms with Crippen LogP contribution in [0.1, 0.15) is 5.56 Å². The first-order valence-electron chi connectivity index (χ1n) is 4.60. The molecule has 1 aliphatic rings. The summed E-state index contributed by atoms with van der Waals surface area (Å²) in [6.07, 6.45) is -4.31. The van der Waals surface area contributed by atoms with Crippen LogP contribution in [0.25, 0.3) is 0 Å². The van der Waals surface area contributed by atoms with Crippen LogP contribution in [0.3, 0.4) is 0 Å². The molecule has 0 aromatic heterocycles. The van der Waals surface area contributed by atoms with E-state index < -0.39 is 11.7 Å². The molecule has 0 saturated carbocycles. The van der Waals surface area contributed by atoms with Gasteiger partial charge in [-0.1, -0.05) is 6.07 Å². The minimum Gasteiger partial charge on any atom is -0.488 e. The number of ether oxygens (including phenoxy) is 1. The average molecular weight is 254 g/mol. The van der Waals surface area contributed by atoms with Gasteiger partial charge in [-0.05, 0) is 18.2 Å². The lowest BCUT2D eigenvalue weighted by atomic mass is 10.2. The molecule has 0 bridgehead atoms. The van der Waals surface area contributed by atoms with Crippen molar-refractivity contribution < 1.29 is 17.9 Å². The molecule has 1 fully saturated rings. The maximum Gasteiger partial charge on any atom is 0.416 e. The SMILES string of the molecule is Cl.FC(F)(F)c1cccc(OC2CNC2)c1. The Morgan fingerprint density at radius 3 is 2.44 bits per heavy atom. The van der Waals surface area contributed by atoms with Crippen molar-refractivity contribution in [1.29, 1.82) is 0 Å². The summed E-state index contributed by atoms with van der Waals surface area (Å²) >= 11 is 0. The highest BCUT2D eigenvalue weighted by molar-refractivity contribution is 5.85. The Kier molecular flexibility index (Phi) is 4.04. The Labute approximate surface area is 97.2 Å². The van der Waals surface area contributed by atoms with E-state index in [-0.39, 0.29) is 24.3 Å². The van der Waals surface area contributed by atoms with Gasteiger partial charge >= 0.3 is 6.18 Å². The molecule has 1 aliphatic heterocycles. The number of alkyl halides is 3. The second-order valence-electron chi connectivity index (χ2n) is 3.42. The van der Waals surface area contributed by atoms with E-state index in [9.17, 15) is 13.2 Å². The maximum atomic E-state index is 12.3. The lowest BCUT2D eigenvalue weighted by Gasteiger charge is -2.28. The quantitative estimate of drug-likeness (QED) is 0.874. The molecule has 1 N–H and O–H groups in total. The standard InChI is InChI=1S/C10H10F3NO.ClH/c11-10(12,13)7-2-1-3-8(4-7)15-9-5-14-6-9;/h1-4,9,14H,5-6H2;1H. The number of nitrogens with one attached hydrogen (secondary N) is 1. The Morgan fingerprint density at radius 2 is 1.94 bits per heavy atom. The van der Waals surface area contributed by atoms with Crippen LogP contribution in [0.5, 0.6) is 5.75 Å². The van der Waals surface area contributed by atoms with Crippen molar-refractivity contribution in [1.82, 2.24) is 5.32 Å². The summed E-state index contributed by atoms with van der Waals surface area (Å²) in [5.41, 5.74) is -0.674. The fourth-order valence-electron chi connectivity index (χ4n) is 1.28. The van der Waals surface area contributed by atoms with Gasteiger partial charge in [0.25, 0.3) is 0 Å². The van der Waals surface area contributed by atoms with Crippen LogP contribution in [-0.2, 0) is 6.18 Å². The van der Waals surface area contributed by atoms with Gasteiger partial charge in [0, 0.05) is 13.1 Å². The minimum atomic E-state index is -4.31. The fourth-order valence-corrected chi connectivity index (χ4v) is 1.28. The summed E-state index contributed by atoms with van der Waals surface area (Å²) < 4.78 is 42.3. The van der Waals surface area contributed by atoms with E-state index >= 15 is 0 Å². The summed E-state index contributed by atoms with van der Waals surface area (Å²) in [7, 11) is 0. The van der Waals surface area contributed by atoms with Crippen molar-refractivity contribution in [3.8, 4) is 5.75 Å². The molecule has 6 heteroatoms. The van der Waals surface area contributed by atoms with Crippen molar-refractivity contribution in [2.75, 3.05) is 13.1 Å². The summed E-state index contributed by atoms with van der Waals surface area (Å²) in [6, 6.07) is 4.95. The van der Waals surface area contributed by atoms with Gasteiger partial charge in [-0.3, -0.25) is 0 Å². The molecule has 1 aromatic rings. The third-order valence-corrected chi connectivity index (χ3v) is 2.21. The third kappa shape index (κ3) is 3.02. The lowest BCUT2D eigenvalue weighted by molar-refractivity contribution is -0.137. The van der Waals surface area contributed by atoms with Gasteiger partial charge < -0.3 is 10.1 Å². The van der Waals surface area contributed by atoms with E-state index in [0.29, 0.717) is 13.1 Å². The van der Waals surface area contributed by atoms with Crippen LogP contribution in [0.2, 0.25) is 0 Å². The zero-order chi connectivity index (χ0) is 10.9. The molecule has 16 heavy (non-hydrogen) atoms. The minimum absolute atomic E-state index is 0. The molecular weight excluding hydrogens is 243 g/mol. The lowest BCUT2D eigenvalue weighted by Crippen LogP contribution is -2.50. The van der Waals surface area contributed by atoms with Crippen LogP contribution in [0.15, 0.2) is 24.3 Å². The van der Waals surface area contributed by atoms with E-state index in [4.69, 9.17) is 4.74 Å². The number of halogens is 4. The Balaban J connectivity index is 0.00000128. The highest BCUT2D eigenvalue weighted by atomic mass is 35.5. The predicted octanol–water partition coefficient (Wildman–Crippen LogP) is 2.48. The maximum absolute atomic E-state index is 12.3. The van der Waals surface area contributed by atoms with Crippen molar-refractivity contribution in [2.45, 2.75) is 12.3 Å². The van der Waals surface area contributed by atoms with E-state index in [2.05, 4.69) is 5.32 Å². The molecular formula is C10H11ClF3NO. The molecule has 1 aromatic carbocycles. The first kappa shape index (κ1) is 13.1. The van der Waals surface area contributed by atoms with Gasteiger partial charge in [-0.2, -0.15) is 13.2 Å². The smallest absolute Gasteiger partial charge is 0.416 e. The molecule has 2 rings (SSSR count). The van der Waals surface area contributed by atoms with Crippen LogP contribution in [0, 0.1) is 0 Å². The zero-order valence-corrected chi connectivity index (χ0v) is 9.07. The highest BCUT2D eigenvalue weighted by Gasteiger charge is 2.31. The fraction of sp³-hybridized carbons (Fsp3) is 0.400. The second kappa shape index (κ2) is 4.93. The topological polar surface area (TPSA) is 21.3 Å². The third-order valence-electron chi connectivity index (χ3n) is 2.21. The number of rotatable bonds is 2. The summed E-state index contributed by atoms with van der Waals surface area (Å²) in [5, 5.41) is 2.98. The van der Waals surface area contributed by atoms with Crippen molar-refractivity contribution >= 4 is 12.4 Å². The molecule has 0 spiro atoms. The molecule has 0 unspecified atom stereocenters. The number of benzene rings is 1. The van der Waals surface area contributed by atoms with Crippen molar-refractivity contribution in [3.05, 3.63) is 29.8 Å². The van der Waals surface area contributed by atoms with Gasteiger partial charge in [0.1, 0.15) is 11.9 Å².